The third-order valence-corrected chi connectivity index (χ3v) is 6.08. The van der Waals surface area contributed by atoms with Crippen LogP contribution in [0.4, 0.5) is 0 Å². The number of nitrogens with zero attached hydrogens (tertiary/aromatic N) is 2. The van der Waals surface area contributed by atoms with E-state index >= 15 is 0 Å². The number of benzene rings is 1. The molecule has 2 saturated heterocycles. The van der Waals surface area contributed by atoms with E-state index in [1.165, 1.54) is 5.56 Å². The van der Waals surface area contributed by atoms with Gasteiger partial charge in [-0.25, -0.2) is 4.79 Å². The molecule has 2 aliphatic heterocycles. The van der Waals surface area contributed by atoms with E-state index in [1.54, 1.807) is 11.8 Å². The molecule has 0 unspecified atom stereocenters. The second-order valence-electron chi connectivity index (χ2n) is 7.89. The Hall–Kier alpha value is -2.08. The summed E-state index contributed by atoms with van der Waals surface area (Å²) in [5.74, 6) is -0.0426. The number of likely N-dealkylation sites (tertiary alicyclic amines) is 2. The van der Waals surface area contributed by atoms with Crippen LogP contribution < -0.4 is 4.74 Å². The van der Waals surface area contributed by atoms with Crippen LogP contribution in [0.1, 0.15) is 45.1 Å². The van der Waals surface area contributed by atoms with Crippen LogP contribution in [0.2, 0.25) is 0 Å². The lowest BCUT2D eigenvalue weighted by atomic mass is 9.72. The van der Waals surface area contributed by atoms with Gasteiger partial charge in [0, 0.05) is 19.5 Å². The first-order chi connectivity index (χ1) is 12.9. The van der Waals surface area contributed by atoms with Gasteiger partial charge in [-0.1, -0.05) is 12.1 Å². The Bertz CT molecular complexity index is 665. The number of carboxylic acid groups (broad SMARTS) is 1. The predicted molar refractivity (Wildman–Crippen MR) is 103 cm³/mol. The van der Waals surface area contributed by atoms with E-state index < -0.39 is 12.0 Å². The molecular formula is C21H30N2O4. The Kier molecular flexibility index (Phi) is 6.05. The fraction of sp³-hybridized carbons (Fsp3) is 0.619. The van der Waals surface area contributed by atoms with Gasteiger partial charge in [-0.2, -0.15) is 0 Å². The summed E-state index contributed by atoms with van der Waals surface area (Å²) < 4.78 is 5.49. The summed E-state index contributed by atoms with van der Waals surface area (Å²) >= 11 is 0. The molecule has 1 aromatic carbocycles. The third kappa shape index (κ3) is 4.61. The van der Waals surface area contributed by atoms with E-state index in [0.717, 1.165) is 44.6 Å². The lowest BCUT2D eigenvalue weighted by Crippen LogP contribution is -2.55. The first-order valence-corrected chi connectivity index (χ1v) is 9.89. The first kappa shape index (κ1) is 19.7. The minimum absolute atomic E-state index is 0.0210. The quantitative estimate of drug-likeness (QED) is 0.829. The predicted octanol–water partition coefficient (Wildman–Crippen LogP) is 2.76. The van der Waals surface area contributed by atoms with Crippen LogP contribution in [0, 0.1) is 5.41 Å². The molecule has 27 heavy (non-hydrogen) atoms. The fourth-order valence-corrected chi connectivity index (χ4v) is 4.24. The van der Waals surface area contributed by atoms with Crippen LogP contribution in [0.3, 0.4) is 0 Å². The molecule has 0 bridgehead atoms. The van der Waals surface area contributed by atoms with Gasteiger partial charge in [-0.3, -0.25) is 9.69 Å². The van der Waals surface area contributed by atoms with Crippen molar-refractivity contribution in [2.45, 2.75) is 52.1 Å². The van der Waals surface area contributed by atoms with E-state index in [0.29, 0.717) is 19.6 Å². The Morgan fingerprint density at radius 2 is 1.89 bits per heavy atom. The van der Waals surface area contributed by atoms with Gasteiger partial charge < -0.3 is 14.7 Å². The number of amides is 1. The van der Waals surface area contributed by atoms with Crippen LogP contribution in [-0.2, 0) is 16.1 Å². The summed E-state index contributed by atoms with van der Waals surface area (Å²) in [7, 11) is 0. The Morgan fingerprint density at radius 1 is 1.22 bits per heavy atom. The fourth-order valence-electron chi connectivity index (χ4n) is 4.24. The molecule has 0 aromatic heterocycles. The average Bonchev–Trinajstić information content (AvgIpc) is 2.67. The third-order valence-electron chi connectivity index (χ3n) is 6.08. The molecule has 0 aliphatic carbocycles. The van der Waals surface area contributed by atoms with E-state index in [4.69, 9.17) is 4.74 Å². The molecule has 2 fully saturated rings. The van der Waals surface area contributed by atoms with Gasteiger partial charge >= 0.3 is 5.97 Å². The highest BCUT2D eigenvalue weighted by Crippen LogP contribution is 2.41. The molecule has 1 atom stereocenters. The molecule has 2 aliphatic rings. The van der Waals surface area contributed by atoms with Crippen LogP contribution in [0.25, 0.3) is 0 Å². The van der Waals surface area contributed by atoms with Gasteiger partial charge in [-0.05, 0) is 69.3 Å². The van der Waals surface area contributed by atoms with Crippen LogP contribution in [-0.4, -0.2) is 59.1 Å². The lowest BCUT2D eigenvalue weighted by molar-refractivity contribution is -0.155. The number of carboxylic acids is 1. The zero-order valence-electron chi connectivity index (χ0n) is 16.3. The summed E-state index contributed by atoms with van der Waals surface area (Å²) in [5, 5.41) is 9.29. The summed E-state index contributed by atoms with van der Waals surface area (Å²) in [6, 6.07) is 7.52. The highest BCUT2D eigenvalue weighted by molar-refractivity contribution is 5.84. The molecule has 0 saturated carbocycles. The minimum Gasteiger partial charge on any atom is -0.494 e. The number of hydrogen-bond donors (Lipinski definition) is 1. The van der Waals surface area contributed by atoms with Gasteiger partial charge in [0.2, 0.25) is 5.91 Å². The largest absolute Gasteiger partial charge is 0.494 e. The van der Waals surface area contributed by atoms with Crippen molar-refractivity contribution in [3.8, 4) is 5.75 Å². The topological polar surface area (TPSA) is 70.1 Å². The average molecular weight is 374 g/mol. The SMILES string of the molecule is CCOc1ccc(CN2CCC3(CCC(=O)N([C@@H](C)C(=O)O)C3)CC2)cc1. The molecule has 1 N–H and O–H groups in total. The Balaban J connectivity index is 1.56. The van der Waals surface area contributed by atoms with Crippen molar-refractivity contribution in [3.05, 3.63) is 29.8 Å². The van der Waals surface area contributed by atoms with Gasteiger partial charge in [0.15, 0.2) is 0 Å². The molecule has 1 amide bonds. The maximum Gasteiger partial charge on any atom is 0.326 e. The molecule has 3 rings (SSSR count). The summed E-state index contributed by atoms with van der Waals surface area (Å²) in [4.78, 5) is 27.5. The maximum absolute atomic E-state index is 12.2. The van der Waals surface area contributed by atoms with E-state index in [1.807, 2.05) is 19.1 Å². The van der Waals surface area contributed by atoms with E-state index in [2.05, 4.69) is 17.0 Å². The standard InChI is InChI=1S/C21H30N2O4/c1-3-27-18-6-4-17(5-7-18)14-22-12-10-21(11-13-22)9-8-19(24)23(15-21)16(2)20(25)26/h4-7,16H,3,8-15H2,1-2H3,(H,25,26)/t16-/m0/s1. The second-order valence-corrected chi connectivity index (χ2v) is 7.89. The molecule has 6 nitrogen and oxygen atoms in total. The van der Waals surface area contributed by atoms with Crippen molar-refractivity contribution in [2.75, 3.05) is 26.2 Å². The van der Waals surface area contributed by atoms with Crippen LogP contribution in [0.5, 0.6) is 5.75 Å². The Labute approximate surface area is 161 Å². The van der Waals surface area contributed by atoms with Crippen molar-refractivity contribution < 1.29 is 19.4 Å². The Morgan fingerprint density at radius 3 is 2.48 bits per heavy atom. The summed E-state index contributed by atoms with van der Waals surface area (Å²) in [6.45, 7) is 7.72. The van der Waals surface area contributed by atoms with Crippen molar-refractivity contribution in [1.29, 1.82) is 0 Å². The zero-order valence-corrected chi connectivity index (χ0v) is 16.3. The molecule has 1 aromatic rings. The number of hydrogen-bond acceptors (Lipinski definition) is 4. The summed E-state index contributed by atoms with van der Waals surface area (Å²) in [5.41, 5.74) is 1.35. The smallest absolute Gasteiger partial charge is 0.326 e. The number of carbonyl (C=O) groups is 2. The molecule has 2 heterocycles. The molecule has 6 heteroatoms. The molecule has 1 spiro atoms. The van der Waals surface area contributed by atoms with Crippen LogP contribution >= 0.6 is 0 Å². The number of aliphatic carboxylic acids is 1. The van der Waals surface area contributed by atoms with Crippen LogP contribution in [0.15, 0.2) is 24.3 Å². The summed E-state index contributed by atoms with van der Waals surface area (Å²) in [6.07, 6.45) is 3.38. The highest BCUT2D eigenvalue weighted by Gasteiger charge is 2.43. The molecular weight excluding hydrogens is 344 g/mol. The minimum atomic E-state index is -0.923. The number of carbonyl (C=O) groups excluding carboxylic acids is 1. The van der Waals surface area contributed by atoms with E-state index in [-0.39, 0.29) is 11.3 Å². The van der Waals surface area contributed by atoms with Gasteiger partial charge in [0.1, 0.15) is 11.8 Å². The normalized spacial score (nSPS) is 21.3. The van der Waals surface area contributed by atoms with Crippen molar-refractivity contribution in [2.24, 2.45) is 5.41 Å². The van der Waals surface area contributed by atoms with Gasteiger partial charge in [-0.15, -0.1) is 0 Å². The number of rotatable bonds is 6. The first-order valence-electron chi connectivity index (χ1n) is 9.89. The number of piperidine rings is 2. The van der Waals surface area contributed by atoms with Crippen molar-refractivity contribution in [3.63, 3.8) is 0 Å². The van der Waals surface area contributed by atoms with Gasteiger partial charge in [0.05, 0.1) is 6.61 Å². The van der Waals surface area contributed by atoms with Crippen molar-refractivity contribution in [1.82, 2.24) is 9.80 Å². The molecule has 148 valence electrons. The lowest BCUT2D eigenvalue weighted by Gasteiger charge is -2.48. The number of ether oxygens (including phenoxy) is 1. The maximum atomic E-state index is 12.2. The molecule has 0 radical (unpaired) electrons. The van der Waals surface area contributed by atoms with Crippen molar-refractivity contribution >= 4 is 11.9 Å². The second kappa shape index (κ2) is 8.30. The monoisotopic (exact) mass is 374 g/mol. The zero-order chi connectivity index (χ0) is 19.4. The highest BCUT2D eigenvalue weighted by atomic mass is 16.5. The van der Waals surface area contributed by atoms with Gasteiger partial charge in [0.25, 0.3) is 0 Å². The van der Waals surface area contributed by atoms with E-state index in [9.17, 15) is 14.7 Å².